The number of hydrogen-bond acceptors (Lipinski definition) is 2. The Bertz CT molecular complexity index is 524. The van der Waals surface area contributed by atoms with Gasteiger partial charge in [0, 0.05) is 11.3 Å². The van der Waals surface area contributed by atoms with Crippen molar-refractivity contribution in [2.24, 2.45) is 0 Å². The Hall–Kier alpha value is -2.27. The molecule has 0 atom stereocenters. The predicted molar refractivity (Wildman–Crippen MR) is 61.0 cm³/mol. The summed E-state index contributed by atoms with van der Waals surface area (Å²) < 4.78 is 0. The van der Waals surface area contributed by atoms with Crippen LogP contribution in [0.4, 0.5) is 5.69 Å². The Morgan fingerprint density at radius 1 is 1.00 bits per heavy atom. The zero-order valence-corrected chi connectivity index (χ0v) is 8.14. The van der Waals surface area contributed by atoms with Crippen molar-refractivity contribution in [2.45, 2.75) is 0 Å². The fourth-order valence-electron chi connectivity index (χ4n) is 1.52. The highest BCUT2D eigenvalue weighted by Gasteiger charge is 2.01. The molecule has 0 aliphatic heterocycles. The fourth-order valence-corrected chi connectivity index (χ4v) is 1.52. The van der Waals surface area contributed by atoms with E-state index < -0.39 is 0 Å². The summed E-state index contributed by atoms with van der Waals surface area (Å²) in [5.41, 5.74) is 9.19. The highest BCUT2D eigenvalue weighted by molar-refractivity contribution is 5.76. The Kier molecular flexibility index (Phi) is 2.38. The van der Waals surface area contributed by atoms with E-state index in [0.29, 0.717) is 5.56 Å². The van der Waals surface area contributed by atoms with Crippen LogP contribution < -0.4 is 5.73 Å². The SMILES string of the molecule is N#Cc1cccc(-c2ccccc2N)c1. The molecule has 72 valence electrons. The average Bonchev–Trinajstić information content (AvgIpc) is 2.30. The van der Waals surface area contributed by atoms with Crippen LogP contribution in [0.15, 0.2) is 48.5 Å². The number of nitrogen functional groups attached to an aromatic ring is 1. The summed E-state index contributed by atoms with van der Waals surface area (Å²) in [5, 5.41) is 8.80. The van der Waals surface area contributed by atoms with E-state index in [1.807, 2.05) is 42.5 Å². The first-order chi connectivity index (χ1) is 7.31. The van der Waals surface area contributed by atoms with E-state index in [2.05, 4.69) is 6.07 Å². The lowest BCUT2D eigenvalue weighted by Gasteiger charge is -2.05. The van der Waals surface area contributed by atoms with Gasteiger partial charge in [-0.2, -0.15) is 5.26 Å². The van der Waals surface area contributed by atoms with Crippen LogP contribution in [0.5, 0.6) is 0 Å². The molecule has 2 N–H and O–H groups in total. The molecule has 0 bridgehead atoms. The van der Waals surface area contributed by atoms with Crippen molar-refractivity contribution in [3.63, 3.8) is 0 Å². The maximum atomic E-state index is 8.80. The molecule has 2 aromatic carbocycles. The van der Waals surface area contributed by atoms with Gasteiger partial charge in [0.1, 0.15) is 0 Å². The molecule has 0 aromatic heterocycles. The van der Waals surface area contributed by atoms with E-state index in [1.54, 1.807) is 6.07 Å². The van der Waals surface area contributed by atoms with Gasteiger partial charge in [-0.05, 0) is 23.8 Å². The minimum atomic E-state index is 0.649. The zero-order chi connectivity index (χ0) is 10.7. The molecular formula is C13H10N2. The highest BCUT2D eigenvalue weighted by atomic mass is 14.6. The largest absolute Gasteiger partial charge is 0.398 e. The van der Waals surface area contributed by atoms with Gasteiger partial charge in [-0.25, -0.2) is 0 Å². The van der Waals surface area contributed by atoms with Crippen LogP contribution >= 0.6 is 0 Å². The second kappa shape index (κ2) is 3.85. The second-order valence-electron chi connectivity index (χ2n) is 3.28. The number of para-hydroxylation sites is 1. The molecule has 2 rings (SSSR count). The van der Waals surface area contributed by atoms with E-state index in [9.17, 15) is 0 Å². The smallest absolute Gasteiger partial charge is 0.0991 e. The molecular weight excluding hydrogens is 184 g/mol. The van der Waals surface area contributed by atoms with E-state index in [4.69, 9.17) is 11.0 Å². The van der Waals surface area contributed by atoms with Gasteiger partial charge >= 0.3 is 0 Å². The molecule has 0 fully saturated rings. The van der Waals surface area contributed by atoms with Gasteiger partial charge in [0.2, 0.25) is 0 Å². The second-order valence-corrected chi connectivity index (χ2v) is 3.28. The van der Waals surface area contributed by atoms with Gasteiger partial charge < -0.3 is 5.73 Å². The molecule has 0 heterocycles. The fraction of sp³-hybridized carbons (Fsp3) is 0. The number of hydrogen-bond donors (Lipinski definition) is 1. The van der Waals surface area contributed by atoms with Gasteiger partial charge in [-0.3, -0.25) is 0 Å². The van der Waals surface area contributed by atoms with Crippen LogP contribution in [-0.4, -0.2) is 0 Å². The van der Waals surface area contributed by atoms with Crippen molar-refractivity contribution >= 4 is 5.69 Å². The summed E-state index contributed by atoms with van der Waals surface area (Å²) in [6, 6.07) is 17.2. The number of nitriles is 1. The molecule has 0 aliphatic rings. The van der Waals surface area contributed by atoms with Crippen molar-refractivity contribution < 1.29 is 0 Å². The summed E-state index contributed by atoms with van der Waals surface area (Å²) in [5.74, 6) is 0. The Morgan fingerprint density at radius 2 is 1.80 bits per heavy atom. The molecule has 0 saturated carbocycles. The molecule has 0 saturated heterocycles. The number of rotatable bonds is 1. The topological polar surface area (TPSA) is 49.8 Å². The number of nitrogens with two attached hydrogens (primary N) is 1. The van der Waals surface area contributed by atoms with Gasteiger partial charge in [-0.15, -0.1) is 0 Å². The van der Waals surface area contributed by atoms with Crippen LogP contribution in [-0.2, 0) is 0 Å². The molecule has 0 amide bonds. The summed E-state index contributed by atoms with van der Waals surface area (Å²) in [6.07, 6.45) is 0. The zero-order valence-electron chi connectivity index (χ0n) is 8.14. The minimum absolute atomic E-state index is 0.649. The van der Waals surface area contributed by atoms with Crippen LogP contribution in [0.25, 0.3) is 11.1 Å². The van der Waals surface area contributed by atoms with Crippen molar-refractivity contribution in [1.29, 1.82) is 5.26 Å². The number of anilines is 1. The standard InChI is InChI=1S/C13H10N2/c14-9-10-4-3-5-11(8-10)12-6-1-2-7-13(12)15/h1-8H,15H2. The van der Waals surface area contributed by atoms with Gasteiger partial charge in [-0.1, -0.05) is 30.3 Å². The maximum absolute atomic E-state index is 8.80. The Balaban J connectivity index is 2.55. The molecule has 2 heteroatoms. The minimum Gasteiger partial charge on any atom is -0.398 e. The molecule has 15 heavy (non-hydrogen) atoms. The van der Waals surface area contributed by atoms with Crippen LogP contribution in [0.1, 0.15) is 5.56 Å². The van der Waals surface area contributed by atoms with Crippen LogP contribution in [0.3, 0.4) is 0 Å². The third kappa shape index (κ3) is 1.82. The van der Waals surface area contributed by atoms with Crippen molar-refractivity contribution in [2.75, 3.05) is 5.73 Å². The molecule has 0 unspecified atom stereocenters. The summed E-state index contributed by atoms with van der Waals surface area (Å²) in [7, 11) is 0. The molecule has 0 radical (unpaired) electrons. The van der Waals surface area contributed by atoms with Gasteiger partial charge in [0.05, 0.1) is 11.6 Å². The van der Waals surface area contributed by atoms with Crippen molar-refractivity contribution in [1.82, 2.24) is 0 Å². The first-order valence-electron chi connectivity index (χ1n) is 4.66. The summed E-state index contributed by atoms with van der Waals surface area (Å²) in [6.45, 7) is 0. The Labute approximate surface area is 88.6 Å². The molecule has 2 nitrogen and oxygen atoms in total. The number of nitrogens with zero attached hydrogens (tertiary/aromatic N) is 1. The van der Waals surface area contributed by atoms with Crippen LogP contribution in [0.2, 0.25) is 0 Å². The lowest BCUT2D eigenvalue weighted by atomic mass is 10.0. The quantitative estimate of drug-likeness (QED) is 0.709. The lowest BCUT2D eigenvalue weighted by Crippen LogP contribution is -1.89. The van der Waals surface area contributed by atoms with Gasteiger partial charge in [0.25, 0.3) is 0 Å². The first kappa shape index (κ1) is 9.29. The predicted octanol–water partition coefficient (Wildman–Crippen LogP) is 2.81. The maximum Gasteiger partial charge on any atom is 0.0991 e. The third-order valence-corrected chi connectivity index (χ3v) is 2.26. The summed E-state index contributed by atoms with van der Waals surface area (Å²) >= 11 is 0. The van der Waals surface area contributed by atoms with Crippen molar-refractivity contribution in [3.8, 4) is 17.2 Å². The Morgan fingerprint density at radius 3 is 2.53 bits per heavy atom. The third-order valence-electron chi connectivity index (χ3n) is 2.26. The lowest BCUT2D eigenvalue weighted by molar-refractivity contribution is 1.48. The summed E-state index contributed by atoms with van der Waals surface area (Å²) in [4.78, 5) is 0. The number of benzene rings is 2. The molecule has 0 spiro atoms. The van der Waals surface area contributed by atoms with E-state index >= 15 is 0 Å². The average molecular weight is 194 g/mol. The first-order valence-corrected chi connectivity index (χ1v) is 4.66. The van der Waals surface area contributed by atoms with Gasteiger partial charge in [0.15, 0.2) is 0 Å². The highest BCUT2D eigenvalue weighted by Crippen LogP contribution is 2.25. The van der Waals surface area contributed by atoms with Crippen LogP contribution in [0, 0.1) is 11.3 Å². The normalized spacial score (nSPS) is 9.53. The monoisotopic (exact) mass is 194 g/mol. The molecule has 0 aliphatic carbocycles. The van der Waals surface area contributed by atoms with E-state index in [0.717, 1.165) is 16.8 Å². The van der Waals surface area contributed by atoms with E-state index in [-0.39, 0.29) is 0 Å². The van der Waals surface area contributed by atoms with Crippen molar-refractivity contribution in [3.05, 3.63) is 54.1 Å². The van der Waals surface area contributed by atoms with E-state index in [1.165, 1.54) is 0 Å². The molecule has 2 aromatic rings.